The number of nitro benzene ring substituents is 1. The van der Waals surface area contributed by atoms with Crippen molar-refractivity contribution in [3.05, 3.63) is 86.8 Å². The summed E-state index contributed by atoms with van der Waals surface area (Å²) in [5, 5.41) is 15.1. The third-order valence-electron chi connectivity index (χ3n) is 6.90. The molecule has 0 saturated carbocycles. The first kappa shape index (κ1) is 28.0. The van der Waals surface area contributed by atoms with Gasteiger partial charge in [-0.05, 0) is 48.3 Å². The number of ether oxygens (including phenoxy) is 2. The Morgan fingerprint density at radius 2 is 2.03 bits per heavy atom. The zero-order valence-electron chi connectivity index (χ0n) is 22.7. The van der Waals surface area contributed by atoms with E-state index in [9.17, 15) is 14.9 Å². The summed E-state index contributed by atoms with van der Waals surface area (Å²) in [4.78, 5) is 30.6. The van der Waals surface area contributed by atoms with Crippen LogP contribution in [0.4, 0.5) is 16.4 Å². The van der Waals surface area contributed by atoms with Crippen LogP contribution in [0.25, 0.3) is 0 Å². The minimum Gasteiger partial charge on any atom is -0.493 e. The summed E-state index contributed by atoms with van der Waals surface area (Å²) < 4.78 is 11.2. The van der Waals surface area contributed by atoms with Crippen molar-refractivity contribution in [3.8, 4) is 11.5 Å². The van der Waals surface area contributed by atoms with Crippen LogP contribution in [-0.4, -0.2) is 30.8 Å². The fraction of sp³-hybridized carbons (Fsp3) is 0.333. The molecular formula is C30H33N3O5S. The van der Waals surface area contributed by atoms with Gasteiger partial charge in [-0.25, -0.2) is 4.99 Å². The van der Waals surface area contributed by atoms with E-state index in [-0.39, 0.29) is 29.4 Å². The molecule has 0 radical (unpaired) electrons. The van der Waals surface area contributed by atoms with E-state index in [4.69, 9.17) is 14.5 Å². The number of benzene rings is 2. The molecule has 204 valence electrons. The minimum atomic E-state index is -0.494. The molecule has 9 heteroatoms. The van der Waals surface area contributed by atoms with E-state index < -0.39 is 4.92 Å². The lowest BCUT2D eigenvalue weighted by atomic mass is 9.72. The number of amides is 1. The molecular weight excluding hydrogens is 514 g/mol. The number of aliphatic imine (C=N–C) groups is 1. The maximum Gasteiger partial charge on any atom is 0.274 e. The van der Waals surface area contributed by atoms with Gasteiger partial charge >= 0.3 is 0 Å². The highest BCUT2D eigenvalue weighted by atomic mass is 32.1. The molecule has 1 amide bonds. The maximum absolute atomic E-state index is 13.6. The number of rotatable bonds is 9. The van der Waals surface area contributed by atoms with Crippen molar-refractivity contribution in [2.45, 2.75) is 40.0 Å². The lowest BCUT2D eigenvalue weighted by Gasteiger charge is -2.33. The van der Waals surface area contributed by atoms with E-state index >= 15 is 0 Å². The Morgan fingerprint density at radius 3 is 2.67 bits per heavy atom. The first-order chi connectivity index (χ1) is 18.6. The van der Waals surface area contributed by atoms with Crippen LogP contribution in [0.1, 0.15) is 53.6 Å². The Kier molecular flexibility index (Phi) is 8.50. The molecule has 1 aliphatic rings. The van der Waals surface area contributed by atoms with E-state index in [1.807, 2.05) is 30.3 Å². The summed E-state index contributed by atoms with van der Waals surface area (Å²) in [6.45, 7) is 10.6. The lowest BCUT2D eigenvalue weighted by molar-refractivity contribution is -0.385. The standard InChI is InChI=1S/C30H33N3O5S/c1-6-14-38-27-19(15-22(33(35)36)17-24(27)37-5)18-31-29-26(28(34)32-21-10-8-7-9-11-21)23-13-12-20(30(2,3)4)16-25(23)39-29/h6-11,15,17-18,20H,1,12-14,16H2,2-5H3,(H,32,34)/t20-/m1/s1. The zero-order valence-corrected chi connectivity index (χ0v) is 23.5. The van der Waals surface area contributed by atoms with E-state index in [0.29, 0.717) is 33.5 Å². The quantitative estimate of drug-likeness (QED) is 0.130. The van der Waals surface area contributed by atoms with Gasteiger partial charge in [0.05, 0.1) is 23.7 Å². The minimum absolute atomic E-state index is 0.147. The molecule has 2 aromatic carbocycles. The second kappa shape index (κ2) is 11.8. The SMILES string of the molecule is C=CCOc1c(C=Nc2sc3c(c2C(=O)Nc2ccccc2)CC[C@@H](C(C)(C)C)C3)cc([N+](=O)[O-])cc1OC. The van der Waals surface area contributed by atoms with Gasteiger partial charge < -0.3 is 14.8 Å². The lowest BCUT2D eigenvalue weighted by Crippen LogP contribution is -2.27. The molecule has 1 aromatic heterocycles. The summed E-state index contributed by atoms with van der Waals surface area (Å²) in [6, 6.07) is 12.0. The average molecular weight is 548 g/mol. The van der Waals surface area contributed by atoms with Crippen molar-refractivity contribution in [1.29, 1.82) is 0 Å². The molecule has 0 bridgehead atoms. The van der Waals surface area contributed by atoms with Crippen molar-refractivity contribution in [1.82, 2.24) is 0 Å². The second-order valence-corrected chi connectivity index (χ2v) is 11.6. The molecule has 0 fully saturated rings. The Bertz CT molecular complexity index is 1410. The number of hydrogen-bond acceptors (Lipinski definition) is 7. The van der Waals surface area contributed by atoms with Gasteiger partial charge in [-0.15, -0.1) is 11.3 Å². The molecule has 1 N–H and O–H groups in total. The highest BCUT2D eigenvalue weighted by Crippen LogP contribution is 2.45. The number of fused-ring (bicyclic) bond motifs is 1. The summed E-state index contributed by atoms with van der Waals surface area (Å²) in [5.41, 5.74) is 2.64. The van der Waals surface area contributed by atoms with E-state index in [1.54, 1.807) is 6.08 Å². The molecule has 1 heterocycles. The number of methoxy groups -OCH3 is 1. The van der Waals surface area contributed by atoms with Crippen LogP contribution >= 0.6 is 11.3 Å². The molecule has 0 spiro atoms. The van der Waals surface area contributed by atoms with Gasteiger partial charge in [-0.1, -0.05) is 51.6 Å². The van der Waals surface area contributed by atoms with Crippen molar-refractivity contribution in [3.63, 3.8) is 0 Å². The van der Waals surface area contributed by atoms with Gasteiger partial charge in [0.2, 0.25) is 0 Å². The predicted octanol–water partition coefficient (Wildman–Crippen LogP) is 7.38. The van der Waals surface area contributed by atoms with E-state index in [0.717, 1.165) is 29.7 Å². The van der Waals surface area contributed by atoms with Crippen molar-refractivity contribution < 1.29 is 19.2 Å². The number of para-hydroxylation sites is 1. The molecule has 1 aliphatic carbocycles. The summed E-state index contributed by atoms with van der Waals surface area (Å²) >= 11 is 1.50. The van der Waals surface area contributed by atoms with Crippen LogP contribution in [0.5, 0.6) is 11.5 Å². The monoisotopic (exact) mass is 547 g/mol. The van der Waals surface area contributed by atoms with Gasteiger partial charge in [-0.2, -0.15) is 0 Å². The highest BCUT2D eigenvalue weighted by molar-refractivity contribution is 7.16. The van der Waals surface area contributed by atoms with Gasteiger partial charge in [0.1, 0.15) is 11.6 Å². The first-order valence-electron chi connectivity index (χ1n) is 12.8. The molecule has 39 heavy (non-hydrogen) atoms. The van der Waals surface area contributed by atoms with E-state index in [1.165, 1.54) is 36.8 Å². The highest BCUT2D eigenvalue weighted by Gasteiger charge is 2.33. The molecule has 4 rings (SSSR count). The van der Waals surface area contributed by atoms with Crippen molar-refractivity contribution in [2.75, 3.05) is 19.0 Å². The zero-order chi connectivity index (χ0) is 28.2. The number of carbonyl (C=O) groups excluding carboxylic acids is 1. The second-order valence-electron chi connectivity index (χ2n) is 10.5. The number of anilines is 1. The number of thiophene rings is 1. The largest absolute Gasteiger partial charge is 0.493 e. The Balaban J connectivity index is 1.79. The summed E-state index contributed by atoms with van der Waals surface area (Å²) in [5.74, 6) is 0.800. The van der Waals surface area contributed by atoms with Crippen LogP contribution < -0.4 is 14.8 Å². The fourth-order valence-corrected chi connectivity index (χ4v) is 6.01. The van der Waals surface area contributed by atoms with Gasteiger partial charge in [0.15, 0.2) is 11.5 Å². The Morgan fingerprint density at radius 1 is 1.28 bits per heavy atom. The van der Waals surface area contributed by atoms with Crippen molar-refractivity contribution in [2.24, 2.45) is 16.3 Å². The topological polar surface area (TPSA) is 103 Å². The number of non-ortho nitro benzene ring substituents is 1. The van der Waals surface area contributed by atoms with Crippen LogP contribution in [0.3, 0.4) is 0 Å². The summed E-state index contributed by atoms with van der Waals surface area (Å²) in [6.07, 6.45) is 5.74. The fourth-order valence-electron chi connectivity index (χ4n) is 4.74. The van der Waals surface area contributed by atoms with Crippen LogP contribution in [0.15, 0.2) is 60.1 Å². The molecule has 0 saturated heterocycles. The molecule has 3 aromatic rings. The average Bonchev–Trinajstić information content (AvgIpc) is 3.28. The van der Waals surface area contributed by atoms with Gasteiger partial charge in [0, 0.05) is 28.4 Å². The predicted molar refractivity (Wildman–Crippen MR) is 156 cm³/mol. The van der Waals surface area contributed by atoms with Gasteiger partial charge in [0.25, 0.3) is 11.6 Å². The Labute approximate surface area is 232 Å². The normalized spacial score (nSPS) is 15.0. The number of carbonyl (C=O) groups is 1. The molecule has 0 unspecified atom stereocenters. The van der Waals surface area contributed by atoms with Gasteiger partial charge in [-0.3, -0.25) is 14.9 Å². The molecule has 1 atom stereocenters. The van der Waals surface area contributed by atoms with Crippen LogP contribution in [0, 0.1) is 21.4 Å². The molecule has 8 nitrogen and oxygen atoms in total. The van der Waals surface area contributed by atoms with Crippen LogP contribution in [0.2, 0.25) is 0 Å². The molecule has 0 aliphatic heterocycles. The number of nitrogens with one attached hydrogen (secondary N) is 1. The van der Waals surface area contributed by atoms with Crippen molar-refractivity contribution >= 4 is 39.8 Å². The Hall–Kier alpha value is -3.98. The number of nitrogens with zero attached hydrogens (tertiary/aromatic N) is 2. The van der Waals surface area contributed by atoms with E-state index in [2.05, 4.69) is 32.7 Å². The third kappa shape index (κ3) is 6.37. The smallest absolute Gasteiger partial charge is 0.274 e. The van der Waals surface area contributed by atoms with Crippen LogP contribution in [-0.2, 0) is 12.8 Å². The number of hydrogen-bond donors (Lipinski definition) is 1. The third-order valence-corrected chi connectivity index (χ3v) is 8.06. The number of nitro groups is 1. The summed E-state index contributed by atoms with van der Waals surface area (Å²) in [7, 11) is 1.42. The first-order valence-corrected chi connectivity index (χ1v) is 13.6. The maximum atomic E-state index is 13.6.